The summed E-state index contributed by atoms with van der Waals surface area (Å²) in [6, 6.07) is 14.1. The number of amides is 6. The molecular formula is C51H80N6O13. The SMILES string of the molecule is CCCCCCCCCC[C@@H](O)[C@@H](C)C(=O)N(C)[C@@H](CC(C)C)C(=O)N[C@@](O)(C(=O)N[C@@H](CNC(=O)OCc1ccccc1)C(=O)NC(O)(C(=O)NCC(=O)O)[C@H](C)OCc1ccccc1)[C@H](C)CC. The van der Waals surface area contributed by atoms with Crippen molar-refractivity contribution < 1.29 is 63.5 Å². The molecule has 392 valence electrons. The van der Waals surface area contributed by atoms with E-state index in [2.05, 4.69) is 28.2 Å². The Kier molecular flexibility index (Phi) is 26.7. The highest BCUT2D eigenvalue weighted by molar-refractivity contribution is 5.98. The fourth-order valence-electron chi connectivity index (χ4n) is 7.50. The Labute approximate surface area is 413 Å². The highest BCUT2D eigenvalue weighted by atomic mass is 16.5. The van der Waals surface area contributed by atoms with Gasteiger partial charge in [-0.05, 0) is 43.2 Å². The number of benzene rings is 2. The van der Waals surface area contributed by atoms with Crippen molar-refractivity contribution in [3.8, 4) is 0 Å². The Morgan fingerprint density at radius 1 is 0.700 bits per heavy atom. The van der Waals surface area contributed by atoms with Gasteiger partial charge < -0.3 is 61.4 Å². The maximum atomic E-state index is 14.5. The molecule has 6 amide bonds. The van der Waals surface area contributed by atoms with Crippen molar-refractivity contribution in [3.05, 3.63) is 71.8 Å². The first kappa shape index (κ1) is 60.5. The smallest absolute Gasteiger partial charge is 0.407 e. The molecular weight excluding hydrogens is 905 g/mol. The van der Waals surface area contributed by atoms with Crippen molar-refractivity contribution in [1.82, 2.24) is 31.5 Å². The maximum Gasteiger partial charge on any atom is 0.407 e. The number of carbonyl (C=O) groups is 7. The summed E-state index contributed by atoms with van der Waals surface area (Å²) in [5.41, 5.74) is -4.53. The molecule has 2 rings (SSSR count). The topological polar surface area (TPSA) is 282 Å². The van der Waals surface area contributed by atoms with Crippen molar-refractivity contribution >= 4 is 41.6 Å². The maximum absolute atomic E-state index is 14.5. The summed E-state index contributed by atoms with van der Waals surface area (Å²) in [5.74, 6) is -9.05. The van der Waals surface area contributed by atoms with Crippen LogP contribution in [0.15, 0.2) is 60.7 Å². The van der Waals surface area contributed by atoms with Gasteiger partial charge in [0.15, 0.2) is 0 Å². The number of aliphatic hydroxyl groups excluding tert-OH is 1. The van der Waals surface area contributed by atoms with Gasteiger partial charge in [0.25, 0.3) is 11.8 Å². The molecule has 0 aliphatic heterocycles. The van der Waals surface area contributed by atoms with Crippen LogP contribution in [-0.4, -0.2) is 123 Å². The Hall–Kier alpha value is -5.63. The van der Waals surface area contributed by atoms with E-state index in [-0.39, 0.29) is 32.0 Å². The van der Waals surface area contributed by atoms with Gasteiger partial charge in [-0.2, -0.15) is 0 Å². The van der Waals surface area contributed by atoms with Crippen molar-refractivity contribution in [1.29, 1.82) is 0 Å². The van der Waals surface area contributed by atoms with Crippen molar-refractivity contribution in [2.75, 3.05) is 20.1 Å². The van der Waals surface area contributed by atoms with E-state index in [0.29, 0.717) is 17.5 Å². The van der Waals surface area contributed by atoms with E-state index >= 15 is 0 Å². The molecule has 0 aliphatic carbocycles. The van der Waals surface area contributed by atoms with E-state index in [1.807, 2.05) is 19.2 Å². The van der Waals surface area contributed by atoms with Crippen LogP contribution in [0.25, 0.3) is 0 Å². The second-order valence-corrected chi connectivity index (χ2v) is 18.5. The molecule has 2 aromatic rings. The van der Waals surface area contributed by atoms with Crippen LogP contribution in [0, 0.1) is 17.8 Å². The molecule has 0 bridgehead atoms. The van der Waals surface area contributed by atoms with Gasteiger partial charge in [0, 0.05) is 13.0 Å². The molecule has 2 aromatic carbocycles. The van der Waals surface area contributed by atoms with E-state index in [1.54, 1.807) is 74.5 Å². The number of unbranched alkanes of at least 4 members (excludes halogenated alkanes) is 7. The summed E-state index contributed by atoms with van der Waals surface area (Å²) in [5, 5.41) is 55.7. The highest BCUT2D eigenvalue weighted by Gasteiger charge is 2.49. The number of carboxylic acid groups (broad SMARTS) is 1. The summed E-state index contributed by atoms with van der Waals surface area (Å²) >= 11 is 0. The third-order valence-electron chi connectivity index (χ3n) is 12.4. The number of carbonyl (C=O) groups excluding carboxylic acids is 6. The Bertz CT molecular complexity index is 1940. The predicted octanol–water partition coefficient (Wildman–Crippen LogP) is 4.26. The number of hydrogen-bond donors (Lipinski definition) is 9. The first-order chi connectivity index (χ1) is 33.1. The van der Waals surface area contributed by atoms with Crippen LogP contribution >= 0.6 is 0 Å². The number of carboxylic acids is 1. The van der Waals surface area contributed by atoms with Crippen LogP contribution in [0.1, 0.15) is 130 Å². The van der Waals surface area contributed by atoms with Gasteiger partial charge in [-0.1, -0.05) is 154 Å². The second kappa shape index (κ2) is 30.9. The van der Waals surface area contributed by atoms with E-state index in [4.69, 9.17) is 9.47 Å². The monoisotopic (exact) mass is 985 g/mol. The van der Waals surface area contributed by atoms with Gasteiger partial charge in [-0.3, -0.25) is 28.8 Å². The minimum atomic E-state index is -3.00. The second-order valence-electron chi connectivity index (χ2n) is 18.5. The number of aliphatic hydroxyl groups is 3. The molecule has 0 spiro atoms. The summed E-state index contributed by atoms with van der Waals surface area (Å²) in [7, 11) is 1.41. The van der Waals surface area contributed by atoms with Gasteiger partial charge in [-0.15, -0.1) is 0 Å². The Morgan fingerprint density at radius 3 is 1.79 bits per heavy atom. The molecule has 0 aliphatic rings. The summed E-state index contributed by atoms with van der Waals surface area (Å²) in [6.45, 7) is 9.65. The predicted molar refractivity (Wildman–Crippen MR) is 262 cm³/mol. The largest absolute Gasteiger partial charge is 0.480 e. The average molecular weight is 985 g/mol. The van der Waals surface area contributed by atoms with Crippen LogP contribution in [-0.2, 0) is 51.5 Å². The van der Waals surface area contributed by atoms with Crippen LogP contribution in [0.4, 0.5) is 4.79 Å². The number of nitrogens with one attached hydrogen (secondary N) is 5. The average Bonchev–Trinajstić information content (AvgIpc) is 3.34. The van der Waals surface area contributed by atoms with Gasteiger partial charge in [0.1, 0.15) is 31.3 Å². The van der Waals surface area contributed by atoms with E-state index in [1.165, 1.54) is 45.1 Å². The summed E-state index contributed by atoms with van der Waals surface area (Å²) in [6.07, 6.45) is 5.49. The highest BCUT2D eigenvalue weighted by Crippen LogP contribution is 2.23. The van der Waals surface area contributed by atoms with Crippen molar-refractivity contribution in [3.63, 3.8) is 0 Å². The minimum Gasteiger partial charge on any atom is -0.480 e. The lowest BCUT2D eigenvalue weighted by Crippen LogP contribution is -2.71. The van der Waals surface area contributed by atoms with Crippen LogP contribution in [0.3, 0.4) is 0 Å². The van der Waals surface area contributed by atoms with Crippen molar-refractivity contribution in [2.45, 2.75) is 168 Å². The molecule has 19 heteroatoms. The van der Waals surface area contributed by atoms with E-state index < -0.39 is 102 Å². The van der Waals surface area contributed by atoms with E-state index in [9.17, 15) is 54.0 Å². The lowest BCUT2D eigenvalue weighted by molar-refractivity contribution is -0.172. The van der Waals surface area contributed by atoms with Gasteiger partial charge in [-0.25, -0.2) is 4.79 Å². The Balaban J connectivity index is 2.45. The number of rotatable bonds is 33. The molecule has 0 fully saturated rings. The molecule has 8 atom stereocenters. The molecule has 0 heterocycles. The normalized spacial score (nSPS) is 15.6. The van der Waals surface area contributed by atoms with Gasteiger partial charge in [0.2, 0.25) is 29.2 Å². The standard InChI is InChI=1S/C51H80N6O13/c1-9-11-12-13-14-15-16-23-28-42(58)36(6)46(63)57(8)41(29-34(3)4)45(62)56-50(67,35(5)10-2)48(65)54-40(30-53-49(66)70-33-39-26-21-18-22-27-39)44(61)55-51(68,47(64)52-31-43(59)60)37(7)69-32-38-24-19-17-20-25-38/h17-22,24-27,34-37,40-42,58,67-68H,9-16,23,28-33H2,1-8H3,(H,52,64)(H,53,66)(H,54,65)(H,55,61)(H,56,62)(H,59,60)/t35-,36-,37+,40+,41+,42-,50+,51?/m1/s1. The number of aliphatic carboxylic acids is 1. The lowest BCUT2D eigenvalue weighted by atomic mass is 9.91. The number of hydrogen-bond acceptors (Lipinski definition) is 12. The molecule has 0 saturated heterocycles. The molecule has 19 nitrogen and oxygen atoms in total. The van der Waals surface area contributed by atoms with Gasteiger partial charge in [0.05, 0.1) is 25.2 Å². The summed E-state index contributed by atoms with van der Waals surface area (Å²) in [4.78, 5) is 96.0. The van der Waals surface area contributed by atoms with Crippen LogP contribution in [0.5, 0.6) is 0 Å². The third kappa shape index (κ3) is 20.0. The first-order valence-corrected chi connectivity index (χ1v) is 24.6. The number of ether oxygens (including phenoxy) is 2. The Morgan fingerprint density at radius 2 is 1.24 bits per heavy atom. The zero-order chi connectivity index (χ0) is 52.4. The zero-order valence-corrected chi connectivity index (χ0v) is 42.3. The van der Waals surface area contributed by atoms with E-state index in [0.717, 1.165) is 32.1 Å². The first-order valence-electron chi connectivity index (χ1n) is 24.6. The number of alkyl carbamates (subject to hydrolysis) is 1. The number of likely N-dealkylation sites (N-methyl/N-ethyl adjacent to an activating group) is 1. The lowest BCUT2D eigenvalue weighted by Gasteiger charge is -2.38. The molecule has 0 radical (unpaired) electrons. The molecule has 0 saturated carbocycles. The van der Waals surface area contributed by atoms with Crippen LogP contribution < -0.4 is 26.6 Å². The third-order valence-corrected chi connectivity index (χ3v) is 12.4. The fraction of sp³-hybridized carbons (Fsp3) is 0.627. The van der Waals surface area contributed by atoms with Gasteiger partial charge >= 0.3 is 12.1 Å². The molecule has 70 heavy (non-hydrogen) atoms. The summed E-state index contributed by atoms with van der Waals surface area (Å²) < 4.78 is 11.1. The van der Waals surface area contributed by atoms with Crippen LogP contribution in [0.2, 0.25) is 0 Å². The van der Waals surface area contributed by atoms with Crippen molar-refractivity contribution in [2.24, 2.45) is 17.8 Å². The molecule has 0 aromatic heterocycles. The number of nitrogens with zero attached hydrogens (tertiary/aromatic N) is 1. The quantitative estimate of drug-likeness (QED) is 0.0358. The molecule has 1 unspecified atom stereocenters. The molecule has 9 N–H and O–H groups in total. The minimum absolute atomic E-state index is 0.0937. The fourth-order valence-corrected chi connectivity index (χ4v) is 7.50. The zero-order valence-electron chi connectivity index (χ0n) is 42.3.